The average Bonchev–Trinajstić information content (AvgIpc) is 3.01. The van der Waals surface area contributed by atoms with Crippen LogP contribution in [0.2, 0.25) is 10.0 Å². The molecule has 1 aliphatic carbocycles. The van der Waals surface area contributed by atoms with E-state index < -0.39 is 28.5 Å². The highest BCUT2D eigenvalue weighted by molar-refractivity contribution is 7.92. The third-order valence-corrected chi connectivity index (χ3v) is 10.0. The monoisotopic (exact) mass is 631 g/mol. The summed E-state index contributed by atoms with van der Waals surface area (Å²) >= 11 is 12.7. The van der Waals surface area contributed by atoms with Crippen LogP contribution in [0.5, 0.6) is 5.75 Å². The number of hydrogen-bond donors (Lipinski definition) is 1. The molecule has 0 radical (unpaired) electrons. The summed E-state index contributed by atoms with van der Waals surface area (Å²) in [6.07, 6.45) is 5.01. The van der Waals surface area contributed by atoms with Gasteiger partial charge in [-0.05, 0) is 61.7 Å². The minimum atomic E-state index is -4.25. The molecule has 0 saturated heterocycles. The number of carbonyl (C=O) groups excluding carboxylic acids is 2. The maximum absolute atomic E-state index is 14.1. The zero-order chi connectivity index (χ0) is 30.3. The maximum Gasteiger partial charge on any atom is 0.264 e. The molecule has 0 unspecified atom stereocenters. The standard InChI is InChI=1S/C31H35Cl2N3O5S/c1-22(31(38)34-24-10-5-3-6-11-24)35(20-23-16-18-25(41-2)19-17-23)29(37)21-36(28-15-9-14-27(32)30(28)33)42(39,40)26-12-7-4-8-13-26/h4,7-9,12-19,22,24H,3,5-6,10-11,20-21H2,1-2H3,(H,34,38)/t22-/m1/s1. The molecule has 1 saturated carbocycles. The molecule has 1 aliphatic rings. The number of nitrogens with zero attached hydrogens (tertiary/aromatic N) is 2. The first kappa shape index (κ1) is 31.7. The van der Waals surface area contributed by atoms with Crippen LogP contribution in [-0.2, 0) is 26.2 Å². The van der Waals surface area contributed by atoms with Crippen LogP contribution in [0.4, 0.5) is 5.69 Å². The van der Waals surface area contributed by atoms with Gasteiger partial charge in [-0.3, -0.25) is 13.9 Å². The molecule has 4 rings (SSSR count). The molecule has 1 atom stereocenters. The van der Waals surface area contributed by atoms with Gasteiger partial charge in [0.25, 0.3) is 10.0 Å². The van der Waals surface area contributed by atoms with Crippen molar-refractivity contribution in [3.63, 3.8) is 0 Å². The average molecular weight is 633 g/mol. The Bertz CT molecular complexity index is 1480. The van der Waals surface area contributed by atoms with Crippen LogP contribution >= 0.6 is 23.2 Å². The second-order valence-electron chi connectivity index (χ2n) is 10.3. The molecule has 0 aliphatic heterocycles. The van der Waals surface area contributed by atoms with Crippen molar-refractivity contribution in [2.24, 2.45) is 0 Å². The highest BCUT2D eigenvalue weighted by atomic mass is 35.5. The summed E-state index contributed by atoms with van der Waals surface area (Å²) in [4.78, 5) is 28.9. The molecule has 3 aromatic rings. The number of sulfonamides is 1. The zero-order valence-corrected chi connectivity index (χ0v) is 26.0. The van der Waals surface area contributed by atoms with Crippen molar-refractivity contribution < 1.29 is 22.7 Å². The number of methoxy groups -OCH3 is 1. The van der Waals surface area contributed by atoms with Crippen molar-refractivity contribution in [2.45, 2.75) is 62.6 Å². The number of carbonyl (C=O) groups is 2. The summed E-state index contributed by atoms with van der Waals surface area (Å²) in [5.41, 5.74) is 0.810. The SMILES string of the molecule is COc1ccc(CN(C(=O)CN(c2cccc(Cl)c2Cl)S(=O)(=O)c2ccccc2)[C@H](C)C(=O)NC2CCCCC2)cc1. The van der Waals surface area contributed by atoms with E-state index in [0.29, 0.717) is 5.75 Å². The predicted molar refractivity (Wildman–Crippen MR) is 165 cm³/mol. The first-order valence-electron chi connectivity index (χ1n) is 13.9. The highest BCUT2D eigenvalue weighted by Gasteiger charge is 2.34. The van der Waals surface area contributed by atoms with Crippen molar-refractivity contribution in [2.75, 3.05) is 18.0 Å². The van der Waals surface area contributed by atoms with E-state index in [1.54, 1.807) is 62.6 Å². The van der Waals surface area contributed by atoms with Crippen LogP contribution < -0.4 is 14.4 Å². The first-order chi connectivity index (χ1) is 20.1. The Hall–Kier alpha value is -3.27. The second kappa shape index (κ2) is 14.3. The molecule has 224 valence electrons. The minimum Gasteiger partial charge on any atom is -0.497 e. The maximum atomic E-state index is 14.1. The first-order valence-corrected chi connectivity index (χ1v) is 16.1. The molecule has 0 heterocycles. The van der Waals surface area contributed by atoms with Gasteiger partial charge < -0.3 is 15.0 Å². The van der Waals surface area contributed by atoms with Crippen LogP contribution in [0, 0.1) is 0 Å². The number of hydrogen-bond acceptors (Lipinski definition) is 5. The van der Waals surface area contributed by atoms with Gasteiger partial charge in [0.1, 0.15) is 18.3 Å². The normalized spacial score (nSPS) is 14.6. The molecular formula is C31H35Cl2N3O5S. The van der Waals surface area contributed by atoms with Gasteiger partial charge in [0.15, 0.2) is 0 Å². The predicted octanol–water partition coefficient (Wildman–Crippen LogP) is 6.06. The number of halogens is 2. The molecule has 1 fully saturated rings. The topological polar surface area (TPSA) is 96.0 Å². The molecule has 0 spiro atoms. The van der Waals surface area contributed by atoms with Crippen LogP contribution in [0.1, 0.15) is 44.6 Å². The molecular weight excluding hydrogens is 597 g/mol. The molecule has 42 heavy (non-hydrogen) atoms. The molecule has 2 amide bonds. The van der Waals surface area contributed by atoms with Crippen molar-refractivity contribution >= 4 is 50.7 Å². The Morgan fingerprint density at radius 3 is 2.26 bits per heavy atom. The third-order valence-electron chi connectivity index (χ3n) is 7.44. The summed E-state index contributed by atoms with van der Waals surface area (Å²) in [7, 11) is -2.69. The summed E-state index contributed by atoms with van der Waals surface area (Å²) < 4.78 is 34.0. The van der Waals surface area contributed by atoms with E-state index in [1.165, 1.54) is 29.2 Å². The van der Waals surface area contributed by atoms with Gasteiger partial charge in [-0.25, -0.2) is 8.42 Å². The Kier molecular flexibility index (Phi) is 10.8. The van der Waals surface area contributed by atoms with Crippen molar-refractivity contribution in [3.8, 4) is 5.75 Å². The lowest BCUT2D eigenvalue weighted by Crippen LogP contribution is -2.53. The van der Waals surface area contributed by atoms with Gasteiger partial charge in [-0.1, -0.05) is 78.9 Å². The highest BCUT2D eigenvalue weighted by Crippen LogP contribution is 2.35. The van der Waals surface area contributed by atoms with E-state index in [4.69, 9.17) is 27.9 Å². The Morgan fingerprint density at radius 2 is 1.62 bits per heavy atom. The smallest absolute Gasteiger partial charge is 0.264 e. The lowest BCUT2D eigenvalue weighted by molar-refractivity contribution is -0.139. The van der Waals surface area contributed by atoms with Gasteiger partial charge >= 0.3 is 0 Å². The van der Waals surface area contributed by atoms with Crippen LogP contribution in [0.15, 0.2) is 77.7 Å². The van der Waals surface area contributed by atoms with Gasteiger partial charge in [0.05, 0.1) is 27.7 Å². The van der Waals surface area contributed by atoms with Gasteiger partial charge in [0, 0.05) is 12.6 Å². The summed E-state index contributed by atoms with van der Waals surface area (Å²) in [6.45, 7) is 1.13. The minimum absolute atomic E-state index is 0.00346. The third kappa shape index (κ3) is 7.56. The molecule has 8 nitrogen and oxygen atoms in total. The van der Waals surface area contributed by atoms with Crippen molar-refractivity contribution in [1.82, 2.24) is 10.2 Å². The van der Waals surface area contributed by atoms with Crippen LogP contribution in [0.25, 0.3) is 0 Å². The molecule has 0 bridgehead atoms. The van der Waals surface area contributed by atoms with E-state index in [0.717, 1.165) is 42.0 Å². The van der Waals surface area contributed by atoms with Crippen molar-refractivity contribution in [1.29, 1.82) is 0 Å². The number of rotatable bonds is 11. The largest absolute Gasteiger partial charge is 0.497 e. The Labute approximate surface area is 257 Å². The fourth-order valence-electron chi connectivity index (χ4n) is 5.00. The Balaban J connectivity index is 1.69. The molecule has 1 N–H and O–H groups in total. The number of anilines is 1. The van der Waals surface area contributed by atoms with Gasteiger partial charge in [0.2, 0.25) is 11.8 Å². The summed E-state index contributed by atoms with van der Waals surface area (Å²) in [5.74, 6) is -0.217. The van der Waals surface area contributed by atoms with E-state index in [2.05, 4.69) is 5.32 Å². The lowest BCUT2D eigenvalue weighted by Gasteiger charge is -2.33. The zero-order valence-electron chi connectivity index (χ0n) is 23.6. The van der Waals surface area contributed by atoms with Crippen LogP contribution in [0.3, 0.4) is 0 Å². The molecule has 3 aromatic carbocycles. The second-order valence-corrected chi connectivity index (χ2v) is 12.9. The van der Waals surface area contributed by atoms with E-state index in [-0.39, 0.29) is 39.1 Å². The number of benzene rings is 3. The summed E-state index contributed by atoms with van der Waals surface area (Å²) in [6, 6.07) is 18.7. The summed E-state index contributed by atoms with van der Waals surface area (Å²) in [5, 5.41) is 3.23. The molecule has 11 heteroatoms. The Morgan fingerprint density at radius 1 is 0.952 bits per heavy atom. The van der Waals surface area contributed by atoms with Gasteiger partial charge in [-0.2, -0.15) is 0 Å². The van der Waals surface area contributed by atoms with E-state index in [1.807, 2.05) is 0 Å². The fraction of sp³-hybridized carbons (Fsp3) is 0.355. The van der Waals surface area contributed by atoms with Crippen LogP contribution in [-0.4, -0.2) is 50.9 Å². The number of amides is 2. The number of nitrogens with one attached hydrogen (secondary N) is 1. The lowest BCUT2D eigenvalue weighted by atomic mass is 9.95. The molecule has 0 aromatic heterocycles. The fourth-order valence-corrected chi connectivity index (χ4v) is 6.89. The quantitative estimate of drug-likeness (QED) is 0.277. The van der Waals surface area contributed by atoms with Crippen molar-refractivity contribution in [3.05, 3.63) is 88.4 Å². The van der Waals surface area contributed by atoms with E-state index in [9.17, 15) is 18.0 Å². The number of ether oxygens (including phenoxy) is 1. The van der Waals surface area contributed by atoms with Gasteiger partial charge in [-0.15, -0.1) is 0 Å². The van der Waals surface area contributed by atoms with E-state index >= 15 is 0 Å².